The van der Waals surface area contributed by atoms with Gasteiger partial charge in [-0.2, -0.15) is 0 Å². The van der Waals surface area contributed by atoms with Gasteiger partial charge in [0.15, 0.2) is 5.65 Å². The second kappa shape index (κ2) is 8.54. The lowest BCUT2D eigenvalue weighted by molar-refractivity contribution is 0.105. The highest BCUT2D eigenvalue weighted by Crippen LogP contribution is 2.43. The fourth-order valence-electron chi connectivity index (χ4n) is 2.99. The third kappa shape index (κ3) is 3.86. The van der Waals surface area contributed by atoms with Gasteiger partial charge in [-0.1, -0.05) is 53.5 Å². The van der Waals surface area contributed by atoms with Gasteiger partial charge >= 0.3 is 0 Å². The Morgan fingerprint density at radius 1 is 1.07 bits per heavy atom. The van der Waals surface area contributed by atoms with Crippen LogP contribution in [0.25, 0.3) is 22.2 Å². The average Bonchev–Trinajstić information content (AvgIpc) is 2.79. The number of nitrogens with zero attached hydrogens (tertiary/aromatic N) is 2. The average molecular weight is 432 g/mol. The summed E-state index contributed by atoms with van der Waals surface area (Å²) in [6.07, 6.45) is 6.95. The molecule has 2 aromatic carbocycles. The maximum Gasteiger partial charge on any atom is 0.254 e. The van der Waals surface area contributed by atoms with Crippen LogP contribution in [0.1, 0.15) is 16.1 Å². The van der Waals surface area contributed by atoms with Crippen LogP contribution in [0, 0.1) is 18.4 Å². The summed E-state index contributed by atoms with van der Waals surface area (Å²) in [5, 5.41) is 1.27. The Kier molecular flexibility index (Phi) is 5.67. The molecule has 30 heavy (non-hydrogen) atoms. The molecule has 0 unspecified atom stereocenters. The number of aromatic nitrogens is 2. The molecule has 0 saturated heterocycles. The number of hydrogen-bond donors (Lipinski definition) is 0. The molecule has 0 bridgehead atoms. The van der Waals surface area contributed by atoms with Gasteiger partial charge in [-0.15, -0.1) is 6.42 Å². The number of terminal acetylenes is 1. The van der Waals surface area contributed by atoms with Crippen molar-refractivity contribution in [3.05, 3.63) is 88.2 Å². The Hall–Kier alpha value is -3.39. The van der Waals surface area contributed by atoms with Gasteiger partial charge in [0.05, 0.1) is 10.0 Å². The van der Waals surface area contributed by atoms with Crippen LogP contribution < -0.4 is 4.74 Å². The largest absolute Gasteiger partial charge is 0.487 e. The molecule has 0 amide bonds. The molecule has 1 radical (unpaired) electrons. The number of fused-ring (bicyclic) bond motifs is 1. The first kappa shape index (κ1) is 19.9. The molecule has 2 aromatic heterocycles. The number of ketones is 1. The summed E-state index contributed by atoms with van der Waals surface area (Å²) in [5.74, 6) is 1.81. The summed E-state index contributed by atoms with van der Waals surface area (Å²) in [6.45, 7) is 0.259. The van der Waals surface area contributed by atoms with Gasteiger partial charge in [-0.3, -0.25) is 4.79 Å². The standard InChI is InChI=1S/C24H13Cl2N2O2/c1-2-20(29)22-17(13-16-9-6-12-27-24(16)28-22)21-18(25)10-11-19(26)23(21)30-14-15-7-4-3-5-8-15/h1,3-12H,14H2. The molecule has 6 heteroatoms. The minimum Gasteiger partial charge on any atom is -0.487 e. The zero-order valence-corrected chi connectivity index (χ0v) is 17.0. The molecular formula is C24H13Cl2N2O2. The van der Waals surface area contributed by atoms with Gasteiger partial charge < -0.3 is 4.74 Å². The molecule has 4 rings (SSSR count). The van der Waals surface area contributed by atoms with E-state index in [0.717, 1.165) is 5.56 Å². The van der Waals surface area contributed by atoms with Crippen LogP contribution in [0.3, 0.4) is 0 Å². The highest BCUT2D eigenvalue weighted by atomic mass is 35.5. The first-order valence-electron chi connectivity index (χ1n) is 8.92. The minimum absolute atomic E-state index is 0.0115. The zero-order valence-electron chi connectivity index (χ0n) is 15.5. The van der Waals surface area contributed by atoms with Gasteiger partial charge in [-0.25, -0.2) is 9.97 Å². The van der Waals surface area contributed by atoms with E-state index in [4.69, 9.17) is 34.4 Å². The molecule has 0 aliphatic heterocycles. The summed E-state index contributed by atoms with van der Waals surface area (Å²) in [5.41, 5.74) is 2.03. The van der Waals surface area contributed by atoms with Gasteiger partial charge in [0.2, 0.25) is 0 Å². The number of ether oxygens (including phenoxy) is 1. The van der Waals surface area contributed by atoms with Crippen LogP contribution >= 0.6 is 23.2 Å². The molecular weight excluding hydrogens is 419 g/mol. The Morgan fingerprint density at radius 2 is 1.83 bits per heavy atom. The van der Waals surface area contributed by atoms with Crippen molar-refractivity contribution in [2.45, 2.75) is 6.61 Å². The summed E-state index contributed by atoms with van der Waals surface area (Å²) >= 11 is 13.0. The van der Waals surface area contributed by atoms with Crippen LogP contribution in [-0.2, 0) is 6.61 Å². The molecule has 2 heterocycles. The smallest absolute Gasteiger partial charge is 0.254 e. The van der Waals surface area contributed by atoms with E-state index in [1.165, 1.54) is 0 Å². The van der Waals surface area contributed by atoms with Gasteiger partial charge in [0.1, 0.15) is 18.1 Å². The van der Waals surface area contributed by atoms with Crippen LogP contribution in [0.5, 0.6) is 5.75 Å². The van der Waals surface area contributed by atoms with Gasteiger partial charge in [0.25, 0.3) is 5.78 Å². The van der Waals surface area contributed by atoms with Crippen molar-refractivity contribution >= 4 is 40.0 Å². The number of pyridine rings is 2. The van der Waals surface area contributed by atoms with Crippen LogP contribution in [-0.4, -0.2) is 15.8 Å². The topological polar surface area (TPSA) is 52.1 Å². The summed E-state index contributed by atoms with van der Waals surface area (Å²) in [4.78, 5) is 21.0. The van der Waals surface area contributed by atoms with E-state index in [2.05, 4.69) is 22.0 Å². The van der Waals surface area contributed by atoms with Crippen molar-refractivity contribution in [2.24, 2.45) is 0 Å². The number of hydrogen-bond acceptors (Lipinski definition) is 4. The first-order valence-corrected chi connectivity index (χ1v) is 9.68. The van der Waals surface area contributed by atoms with Crippen molar-refractivity contribution in [1.82, 2.24) is 9.97 Å². The number of rotatable bonds is 5. The molecule has 4 nitrogen and oxygen atoms in total. The lowest BCUT2D eigenvalue weighted by Gasteiger charge is -2.16. The lowest BCUT2D eigenvalue weighted by atomic mass is 9.99. The number of benzene rings is 2. The normalized spacial score (nSPS) is 10.6. The van der Waals surface area contributed by atoms with Crippen molar-refractivity contribution in [1.29, 1.82) is 0 Å². The van der Waals surface area contributed by atoms with Crippen LogP contribution in [0.15, 0.2) is 60.8 Å². The Labute approximate surface area is 183 Å². The number of halogens is 2. The van der Waals surface area contributed by atoms with E-state index in [0.29, 0.717) is 38.0 Å². The highest BCUT2D eigenvalue weighted by molar-refractivity contribution is 6.37. The van der Waals surface area contributed by atoms with Crippen molar-refractivity contribution in [2.75, 3.05) is 0 Å². The Balaban J connectivity index is 1.91. The van der Waals surface area contributed by atoms with Crippen LogP contribution in [0.2, 0.25) is 10.0 Å². The Bertz CT molecular complexity index is 1300. The minimum atomic E-state index is -0.612. The number of Topliss-reactive ketones (excluding diaryl/α,β-unsaturated/α-hetero) is 1. The van der Waals surface area contributed by atoms with Gasteiger partial charge in [-0.05, 0) is 35.7 Å². The maximum atomic E-state index is 12.5. The molecule has 0 saturated carbocycles. The third-order valence-electron chi connectivity index (χ3n) is 4.38. The van der Waals surface area contributed by atoms with E-state index in [1.807, 2.05) is 30.3 Å². The molecule has 0 fully saturated rings. The first-order chi connectivity index (χ1) is 14.6. The molecule has 0 aliphatic carbocycles. The SMILES string of the molecule is C#CC(=O)c1nc2ncccc2[c]c1-c1c(Cl)ccc(Cl)c1OCc1ccccc1. The summed E-state index contributed by atoms with van der Waals surface area (Å²) in [6, 6.07) is 19.6. The van der Waals surface area contributed by atoms with Gasteiger partial charge in [0, 0.05) is 28.8 Å². The van der Waals surface area contributed by atoms with Crippen molar-refractivity contribution in [3.63, 3.8) is 0 Å². The molecule has 4 aromatic rings. The molecule has 0 atom stereocenters. The van der Waals surface area contributed by atoms with E-state index in [9.17, 15) is 4.79 Å². The van der Waals surface area contributed by atoms with E-state index in [-0.39, 0.29) is 12.3 Å². The second-order valence-electron chi connectivity index (χ2n) is 6.32. The Morgan fingerprint density at radius 3 is 2.60 bits per heavy atom. The highest BCUT2D eigenvalue weighted by Gasteiger charge is 2.23. The second-order valence-corrected chi connectivity index (χ2v) is 7.13. The summed E-state index contributed by atoms with van der Waals surface area (Å²) < 4.78 is 6.03. The molecule has 0 spiro atoms. The quantitative estimate of drug-likeness (QED) is 0.227. The monoisotopic (exact) mass is 431 g/mol. The zero-order chi connectivity index (χ0) is 21.1. The summed E-state index contributed by atoms with van der Waals surface area (Å²) in [7, 11) is 0. The third-order valence-corrected chi connectivity index (χ3v) is 4.99. The molecule has 0 aliphatic rings. The maximum absolute atomic E-state index is 12.5. The predicted molar refractivity (Wildman–Crippen MR) is 118 cm³/mol. The van der Waals surface area contributed by atoms with Crippen molar-refractivity contribution < 1.29 is 9.53 Å². The van der Waals surface area contributed by atoms with E-state index in [1.54, 1.807) is 30.5 Å². The van der Waals surface area contributed by atoms with Crippen LogP contribution in [0.4, 0.5) is 0 Å². The molecule has 145 valence electrons. The van der Waals surface area contributed by atoms with E-state index >= 15 is 0 Å². The number of carbonyl (C=O) groups excluding carboxylic acids is 1. The predicted octanol–water partition coefficient (Wildman–Crippen LogP) is 5.80. The lowest BCUT2D eigenvalue weighted by Crippen LogP contribution is -2.06. The fourth-order valence-corrected chi connectivity index (χ4v) is 3.45. The number of carbonyl (C=O) groups is 1. The molecule has 0 N–H and O–H groups in total. The fraction of sp³-hybridized carbons (Fsp3) is 0.0417. The van der Waals surface area contributed by atoms with Crippen molar-refractivity contribution in [3.8, 4) is 29.2 Å². The van der Waals surface area contributed by atoms with E-state index < -0.39 is 5.78 Å².